The van der Waals surface area contributed by atoms with Crippen LogP contribution in [0, 0.1) is 23.2 Å². The fraction of sp³-hybridized carbons (Fsp3) is 0.739. The molecule has 1 fully saturated rings. The lowest BCUT2D eigenvalue weighted by molar-refractivity contribution is -0.137. The fourth-order valence-electron chi connectivity index (χ4n) is 3.83. The Balaban J connectivity index is 2.63. The van der Waals surface area contributed by atoms with Gasteiger partial charge in [0.05, 0.1) is 6.10 Å². The van der Waals surface area contributed by atoms with Gasteiger partial charge in [0.15, 0.2) is 0 Å². The van der Waals surface area contributed by atoms with E-state index in [4.69, 9.17) is 5.11 Å². The molecule has 4 heteroatoms. The molecule has 0 radical (unpaired) electrons. The largest absolute Gasteiger partial charge is 0.481 e. The van der Waals surface area contributed by atoms with Crippen LogP contribution in [-0.4, -0.2) is 28.1 Å². The summed E-state index contributed by atoms with van der Waals surface area (Å²) >= 11 is 0. The SMILES string of the molecule is CCCCC(C)(C)[C@H](O)/C=C/C1[C@H](CC=CCCCC(=O)O)C(=O)C[C@@H]1C. The van der Waals surface area contributed by atoms with E-state index in [1.165, 1.54) is 0 Å². The van der Waals surface area contributed by atoms with Crippen LogP contribution >= 0.6 is 0 Å². The molecule has 27 heavy (non-hydrogen) atoms. The Morgan fingerprint density at radius 3 is 2.63 bits per heavy atom. The van der Waals surface area contributed by atoms with Crippen molar-refractivity contribution in [2.24, 2.45) is 23.2 Å². The maximum Gasteiger partial charge on any atom is 0.303 e. The first-order valence-electron chi connectivity index (χ1n) is 10.4. The summed E-state index contributed by atoms with van der Waals surface area (Å²) < 4.78 is 0. The Kier molecular flexibility index (Phi) is 10.00. The molecule has 0 saturated heterocycles. The zero-order chi connectivity index (χ0) is 20.4. The van der Waals surface area contributed by atoms with E-state index in [1.54, 1.807) is 0 Å². The van der Waals surface area contributed by atoms with Crippen molar-refractivity contribution in [2.75, 3.05) is 0 Å². The number of hydrogen-bond donors (Lipinski definition) is 2. The maximum atomic E-state index is 12.4. The van der Waals surface area contributed by atoms with E-state index in [2.05, 4.69) is 33.8 Å². The summed E-state index contributed by atoms with van der Waals surface area (Å²) in [6.45, 7) is 8.46. The van der Waals surface area contributed by atoms with Crippen LogP contribution in [0.2, 0.25) is 0 Å². The zero-order valence-corrected chi connectivity index (χ0v) is 17.5. The standard InChI is InChI=1S/C23H38O4/c1-5-6-15-23(3,4)21(25)14-13-18-17(2)16-20(24)19(18)11-9-7-8-10-12-22(26)27/h7,9,13-14,17-19,21,25H,5-6,8,10-12,15-16H2,1-4H3,(H,26,27)/b9-7?,14-13+/t17-,18?,19-,21+/m0/s1. The predicted octanol–water partition coefficient (Wildman–Crippen LogP) is 5.16. The van der Waals surface area contributed by atoms with E-state index in [9.17, 15) is 14.7 Å². The highest BCUT2D eigenvalue weighted by Gasteiger charge is 2.38. The van der Waals surface area contributed by atoms with Crippen LogP contribution in [-0.2, 0) is 9.59 Å². The third kappa shape index (κ3) is 8.00. The Hall–Kier alpha value is -1.42. The van der Waals surface area contributed by atoms with Gasteiger partial charge >= 0.3 is 5.97 Å². The normalized spacial score (nSPS) is 24.9. The second kappa shape index (κ2) is 11.4. The van der Waals surface area contributed by atoms with Gasteiger partial charge in [0.25, 0.3) is 0 Å². The number of rotatable bonds is 12. The van der Waals surface area contributed by atoms with Crippen LogP contribution in [0.3, 0.4) is 0 Å². The molecule has 1 aliphatic rings. The number of hydrogen-bond acceptors (Lipinski definition) is 3. The van der Waals surface area contributed by atoms with Crippen molar-refractivity contribution >= 4 is 11.8 Å². The first kappa shape index (κ1) is 23.6. The Morgan fingerprint density at radius 2 is 2.00 bits per heavy atom. The Morgan fingerprint density at radius 1 is 1.30 bits per heavy atom. The molecule has 0 spiro atoms. The summed E-state index contributed by atoms with van der Waals surface area (Å²) in [7, 11) is 0. The number of allylic oxidation sites excluding steroid dienone is 3. The van der Waals surface area contributed by atoms with Gasteiger partial charge < -0.3 is 10.2 Å². The van der Waals surface area contributed by atoms with Crippen molar-refractivity contribution in [3.63, 3.8) is 0 Å². The first-order valence-corrected chi connectivity index (χ1v) is 10.4. The fourth-order valence-corrected chi connectivity index (χ4v) is 3.83. The topological polar surface area (TPSA) is 74.6 Å². The molecule has 1 rings (SSSR count). The average Bonchev–Trinajstić information content (AvgIpc) is 2.86. The van der Waals surface area contributed by atoms with Crippen LogP contribution < -0.4 is 0 Å². The molecule has 0 amide bonds. The van der Waals surface area contributed by atoms with Gasteiger partial charge in [-0.2, -0.15) is 0 Å². The van der Waals surface area contributed by atoms with E-state index in [0.717, 1.165) is 25.7 Å². The van der Waals surface area contributed by atoms with Gasteiger partial charge in [-0.3, -0.25) is 9.59 Å². The highest BCUT2D eigenvalue weighted by Crippen LogP contribution is 2.38. The minimum absolute atomic E-state index is 0.0297. The third-order valence-corrected chi connectivity index (χ3v) is 5.87. The van der Waals surface area contributed by atoms with Gasteiger partial charge in [-0.15, -0.1) is 0 Å². The number of aliphatic hydroxyl groups excluding tert-OH is 1. The Bertz CT molecular complexity index is 532. The number of ketones is 1. The molecule has 154 valence electrons. The Labute approximate surface area is 164 Å². The molecule has 0 aromatic rings. The number of carbonyl (C=O) groups is 2. The van der Waals surface area contributed by atoms with Crippen molar-refractivity contribution < 1.29 is 19.8 Å². The van der Waals surface area contributed by atoms with Gasteiger partial charge in [-0.1, -0.05) is 64.8 Å². The number of unbranched alkanes of at least 4 members (excludes halogenated alkanes) is 2. The second-order valence-corrected chi connectivity index (χ2v) is 8.75. The number of carboxylic acids is 1. The summed E-state index contributed by atoms with van der Waals surface area (Å²) in [5.41, 5.74) is -0.155. The molecule has 4 atom stereocenters. The summed E-state index contributed by atoms with van der Waals surface area (Å²) in [5.74, 6) is -0.0401. The van der Waals surface area contributed by atoms with Crippen molar-refractivity contribution in [3.8, 4) is 0 Å². The molecule has 0 heterocycles. The van der Waals surface area contributed by atoms with Gasteiger partial charge in [-0.25, -0.2) is 0 Å². The smallest absolute Gasteiger partial charge is 0.303 e. The second-order valence-electron chi connectivity index (χ2n) is 8.75. The van der Waals surface area contributed by atoms with Crippen LogP contribution in [0.25, 0.3) is 0 Å². The third-order valence-electron chi connectivity index (χ3n) is 5.87. The predicted molar refractivity (Wildman–Crippen MR) is 109 cm³/mol. The molecular formula is C23H38O4. The lowest BCUT2D eigenvalue weighted by atomic mass is 9.80. The number of aliphatic hydroxyl groups is 1. The number of aliphatic carboxylic acids is 1. The van der Waals surface area contributed by atoms with E-state index < -0.39 is 12.1 Å². The van der Waals surface area contributed by atoms with Crippen LogP contribution in [0.15, 0.2) is 24.3 Å². The molecule has 1 aliphatic carbocycles. The van der Waals surface area contributed by atoms with Crippen LogP contribution in [0.4, 0.5) is 0 Å². The zero-order valence-electron chi connectivity index (χ0n) is 17.5. The van der Waals surface area contributed by atoms with E-state index in [1.807, 2.05) is 18.2 Å². The minimum atomic E-state index is -0.770. The summed E-state index contributed by atoms with van der Waals surface area (Å²) in [6, 6.07) is 0. The van der Waals surface area contributed by atoms with Gasteiger partial charge in [0.2, 0.25) is 0 Å². The highest BCUT2D eigenvalue weighted by atomic mass is 16.4. The number of carboxylic acid groups (broad SMARTS) is 1. The molecule has 4 nitrogen and oxygen atoms in total. The number of carbonyl (C=O) groups excluding carboxylic acids is 1. The van der Waals surface area contributed by atoms with Crippen LogP contribution in [0.5, 0.6) is 0 Å². The van der Waals surface area contributed by atoms with E-state index in [-0.39, 0.29) is 23.7 Å². The molecule has 2 N–H and O–H groups in total. The molecule has 0 aliphatic heterocycles. The maximum absolute atomic E-state index is 12.4. The van der Waals surface area contributed by atoms with Gasteiger partial charge in [-0.05, 0) is 42.9 Å². The lowest BCUT2D eigenvalue weighted by Gasteiger charge is -2.29. The molecule has 1 unspecified atom stereocenters. The minimum Gasteiger partial charge on any atom is -0.481 e. The molecule has 1 saturated carbocycles. The summed E-state index contributed by atoms with van der Waals surface area (Å²) in [6.07, 6.45) is 13.5. The first-order chi connectivity index (χ1) is 12.7. The highest BCUT2D eigenvalue weighted by molar-refractivity contribution is 5.84. The van der Waals surface area contributed by atoms with Gasteiger partial charge in [0.1, 0.15) is 5.78 Å². The summed E-state index contributed by atoms with van der Waals surface area (Å²) in [5, 5.41) is 19.2. The van der Waals surface area contributed by atoms with Crippen LogP contribution in [0.1, 0.15) is 79.1 Å². The monoisotopic (exact) mass is 378 g/mol. The van der Waals surface area contributed by atoms with E-state index in [0.29, 0.717) is 31.0 Å². The van der Waals surface area contributed by atoms with Gasteiger partial charge in [0, 0.05) is 18.8 Å². The molecule has 0 aromatic carbocycles. The average molecular weight is 379 g/mol. The van der Waals surface area contributed by atoms with Crippen molar-refractivity contribution in [3.05, 3.63) is 24.3 Å². The molecule has 0 bridgehead atoms. The quantitative estimate of drug-likeness (QED) is 0.363. The van der Waals surface area contributed by atoms with Crippen molar-refractivity contribution in [2.45, 2.75) is 85.2 Å². The van der Waals surface area contributed by atoms with Crippen molar-refractivity contribution in [1.29, 1.82) is 0 Å². The lowest BCUT2D eigenvalue weighted by Crippen LogP contribution is -2.28. The van der Waals surface area contributed by atoms with Crippen molar-refractivity contribution in [1.82, 2.24) is 0 Å². The number of Topliss-reactive ketones (excluding diaryl/α,β-unsaturated/α-hetero) is 1. The molecular weight excluding hydrogens is 340 g/mol. The summed E-state index contributed by atoms with van der Waals surface area (Å²) in [4.78, 5) is 22.9. The molecule has 0 aromatic heterocycles. The van der Waals surface area contributed by atoms with E-state index >= 15 is 0 Å².